The zero-order chi connectivity index (χ0) is 13.3. The molecule has 0 aliphatic heterocycles. The predicted octanol–water partition coefficient (Wildman–Crippen LogP) is 5.65. The Labute approximate surface area is 136 Å². The molecule has 0 fully saturated rings. The summed E-state index contributed by atoms with van der Waals surface area (Å²) in [4.78, 5) is 0. The van der Waals surface area contributed by atoms with Gasteiger partial charge >= 0.3 is 0 Å². The monoisotopic (exact) mass is 451 g/mol. The minimum Gasteiger partial charge on any atom is -0.309 e. The van der Waals surface area contributed by atoms with E-state index < -0.39 is 0 Å². The number of thiophene rings is 1. The summed E-state index contributed by atoms with van der Waals surface area (Å²) in [5, 5.41) is 3.37. The Hall–Kier alpha value is 0.320. The molecule has 0 spiro atoms. The van der Waals surface area contributed by atoms with E-state index >= 15 is 0 Å². The molecule has 0 saturated heterocycles. The Morgan fingerprint density at radius 3 is 2.39 bits per heavy atom. The lowest BCUT2D eigenvalue weighted by Crippen LogP contribution is -2.17. The SMILES string of the molecule is CNC(c1ccc(C)c(Br)c1)c1cc(Br)sc1Br. The molecule has 2 rings (SSSR count). The smallest absolute Gasteiger partial charge is 0.0761 e. The summed E-state index contributed by atoms with van der Waals surface area (Å²) >= 11 is 12.4. The normalized spacial score (nSPS) is 12.7. The average molecular weight is 454 g/mol. The first-order valence-corrected chi connectivity index (χ1v) is 8.60. The van der Waals surface area contributed by atoms with Crippen molar-refractivity contribution in [3.63, 3.8) is 0 Å². The van der Waals surface area contributed by atoms with Gasteiger partial charge in [-0.1, -0.05) is 28.1 Å². The molecule has 1 aromatic carbocycles. The van der Waals surface area contributed by atoms with Crippen LogP contribution in [0.1, 0.15) is 22.7 Å². The van der Waals surface area contributed by atoms with E-state index in [1.54, 1.807) is 11.3 Å². The molecule has 0 aliphatic rings. The van der Waals surface area contributed by atoms with Crippen molar-refractivity contribution in [2.24, 2.45) is 0 Å². The van der Waals surface area contributed by atoms with Crippen LogP contribution < -0.4 is 5.32 Å². The van der Waals surface area contributed by atoms with Crippen molar-refractivity contribution >= 4 is 59.1 Å². The third kappa shape index (κ3) is 3.07. The van der Waals surface area contributed by atoms with Crippen molar-refractivity contribution < 1.29 is 0 Å². The van der Waals surface area contributed by atoms with Crippen molar-refractivity contribution in [1.29, 1.82) is 0 Å². The van der Waals surface area contributed by atoms with Crippen molar-refractivity contribution in [3.05, 3.63) is 53.0 Å². The van der Waals surface area contributed by atoms with Gasteiger partial charge in [-0.25, -0.2) is 0 Å². The van der Waals surface area contributed by atoms with E-state index in [-0.39, 0.29) is 6.04 Å². The first-order valence-electron chi connectivity index (χ1n) is 5.41. The van der Waals surface area contributed by atoms with Crippen LogP contribution in [-0.4, -0.2) is 7.05 Å². The minimum atomic E-state index is 0.193. The fourth-order valence-electron chi connectivity index (χ4n) is 1.84. The molecular formula is C13H12Br3NS. The number of hydrogen-bond donors (Lipinski definition) is 1. The van der Waals surface area contributed by atoms with Crippen molar-refractivity contribution in [2.45, 2.75) is 13.0 Å². The highest BCUT2D eigenvalue weighted by molar-refractivity contribution is 9.12. The molecule has 1 unspecified atom stereocenters. The number of nitrogens with one attached hydrogen (secondary N) is 1. The van der Waals surface area contributed by atoms with Gasteiger partial charge < -0.3 is 5.32 Å². The molecule has 0 aliphatic carbocycles. The lowest BCUT2D eigenvalue weighted by Gasteiger charge is -2.17. The lowest BCUT2D eigenvalue weighted by molar-refractivity contribution is 0.691. The second-order valence-corrected chi connectivity index (χ2v) is 8.61. The van der Waals surface area contributed by atoms with E-state index in [1.807, 2.05) is 7.05 Å². The molecule has 0 amide bonds. The molecule has 1 heterocycles. The van der Waals surface area contributed by atoms with Crippen LogP contribution in [0.15, 0.2) is 36.3 Å². The zero-order valence-corrected chi connectivity index (χ0v) is 15.5. The Kier molecular flexibility index (Phi) is 5.06. The maximum atomic E-state index is 3.63. The van der Waals surface area contributed by atoms with E-state index in [4.69, 9.17) is 0 Å². The summed E-state index contributed by atoms with van der Waals surface area (Å²) in [5.74, 6) is 0. The molecular weight excluding hydrogens is 442 g/mol. The number of rotatable bonds is 3. The van der Waals surface area contributed by atoms with Crippen LogP contribution >= 0.6 is 59.1 Å². The Bertz CT molecular complexity index is 565. The summed E-state index contributed by atoms with van der Waals surface area (Å²) in [5.41, 5.74) is 3.75. The maximum absolute atomic E-state index is 3.63. The third-order valence-electron chi connectivity index (χ3n) is 2.81. The first kappa shape index (κ1) is 14.7. The molecule has 2 aromatic rings. The Balaban J connectivity index is 2.45. The fraction of sp³-hybridized carbons (Fsp3) is 0.231. The molecule has 5 heteroatoms. The highest BCUT2D eigenvalue weighted by Gasteiger charge is 2.18. The molecule has 0 saturated carbocycles. The van der Waals surface area contributed by atoms with Gasteiger partial charge in [0.15, 0.2) is 0 Å². The van der Waals surface area contributed by atoms with Gasteiger partial charge in [0.25, 0.3) is 0 Å². The topological polar surface area (TPSA) is 12.0 Å². The first-order chi connectivity index (χ1) is 8.52. The molecule has 0 radical (unpaired) electrons. The molecule has 18 heavy (non-hydrogen) atoms. The Morgan fingerprint density at radius 1 is 1.17 bits per heavy atom. The van der Waals surface area contributed by atoms with Gasteiger partial charge in [-0.15, -0.1) is 11.3 Å². The molecule has 1 aromatic heterocycles. The van der Waals surface area contributed by atoms with Gasteiger partial charge in [-0.2, -0.15) is 0 Å². The maximum Gasteiger partial charge on any atom is 0.0761 e. The summed E-state index contributed by atoms with van der Waals surface area (Å²) in [6.07, 6.45) is 0. The number of hydrogen-bond acceptors (Lipinski definition) is 2. The largest absolute Gasteiger partial charge is 0.309 e. The van der Waals surface area contributed by atoms with E-state index in [2.05, 4.69) is 84.3 Å². The molecule has 1 N–H and O–H groups in total. The van der Waals surface area contributed by atoms with E-state index in [9.17, 15) is 0 Å². The Morgan fingerprint density at radius 2 is 1.89 bits per heavy atom. The van der Waals surface area contributed by atoms with Gasteiger partial charge in [-0.3, -0.25) is 0 Å². The molecule has 1 atom stereocenters. The van der Waals surface area contributed by atoms with Crippen LogP contribution in [0.2, 0.25) is 0 Å². The van der Waals surface area contributed by atoms with Crippen LogP contribution in [0.5, 0.6) is 0 Å². The van der Waals surface area contributed by atoms with Gasteiger partial charge in [0.05, 0.1) is 13.6 Å². The van der Waals surface area contributed by atoms with Crippen molar-refractivity contribution in [1.82, 2.24) is 5.32 Å². The van der Waals surface area contributed by atoms with Gasteiger partial charge in [0.2, 0.25) is 0 Å². The second kappa shape index (κ2) is 6.18. The van der Waals surface area contributed by atoms with Gasteiger partial charge in [0, 0.05) is 4.47 Å². The lowest BCUT2D eigenvalue weighted by atomic mass is 10.0. The zero-order valence-electron chi connectivity index (χ0n) is 9.93. The van der Waals surface area contributed by atoms with E-state index in [0.717, 1.165) is 12.0 Å². The van der Waals surface area contributed by atoms with E-state index in [1.165, 1.54) is 16.7 Å². The van der Waals surface area contributed by atoms with Crippen molar-refractivity contribution in [3.8, 4) is 0 Å². The standard InChI is InChI=1S/C13H12Br3NS/c1-7-3-4-8(5-10(7)14)12(17-2)9-6-11(15)18-13(9)16/h3-6,12,17H,1-2H3. The van der Waals surface area contributed by atoms with Gasteiger partial charge in [-0.05, 0) is 74.7 Å². The highest BCUT2D eigenvalue weighted by atomic mass is 79.9. The van der Waals surface area contributed by atoms with Crippen LogP contribution in [0.25, 0.3) is 0 Å². The van der Waals surface area contributed by atoms with Crippen LogP contribution in [0.3, 0.4) is 0 Å². The minimum absolute atomic E-state index is 0.193. The highest BCUT2D eigenvalue weighted by Crippen LogP contribution is 2.38. The summed E-state index contributed by atoms with van der Waals surface area (Å²) in [6.45, 7) is 2.10. The molecule has 96 valence electrons. The number of aryl methyl sites for hydroxylation is 1. The van der Waals surface area contributed by atoms with Crippen LogP contribution in [0, 0.1) is 6.92 Å². The summed E-state index contributed by atoms with van der Waals surface area (Å²) < 4.78 is 3.44. The number of halogens is 3. The van der Waals surface area contributed by atoms with Crippen molar-refractivity contribution in [2.75, 3.05) is 7.05 Å². The summed E-state index contributed by atoms with van der Waals surface area (Å²) in [6, 6.07) is 8.83. The second-order valence-electron chi connectivity index (χ2n) is 4.01. The average Bonchev–Trinajstić information content (AvgIpc) is 2.64. The predicted molar refractivity (Wildman–Crippen MR) is 89.5 cm³/mol. The van der Waals surface area contributed by atoms with E-state index in [0.29, 0.717) is 0 Å². The molecule has 0 bridgehead atoms. The van der Waals surface area contributed by atoms with Crippen LogP contribution in [0.4, 0.5) is 0 Å². The van der Waals surface area contributed by atoms with Crippen LogP contribution in [-0.2, 0) is 0 Å². The quantitative estimate of drug-likeness (QED) is 0.633. The van der Waals surface area contributed by atoms with Gasteiger partial charge in [0.1, 0.15) is 0 Å². The fourth-order valence-corrected chi connectivity index (χ4v) is 5.14. The molecule has 1 nitrogen and oxygen atoms in total. The number of benzene rings is 1. The third-order valence-corrected chi connectivity index (χ3v) is 6.05. The summed E-state index contributed by atoms with van der Waals surface area (Å²) in [7, 11) is 1.98.